The van der Waals surface area contributed by atoms with Gasteiger partial charge in [0.05, 0.1) is 26.8 Å². The highest BCUT2D eigenvalue weighted by atomic mass is 35.5. The van der Waals surface area contributed by atoms with Crippen molar-refractivity contribution in [1.82, 2.24) is 20.1 Å². The molecular weight excluding hydrogens is 588 g/mol. The number of fused-ring (bicyclic) bond motifs is 8. The van der Waals surface area contributed by atoms with Crippen LogP contribution in [0.2, 0.25) is 5.02 Å². The molecular formula is C32H31ClN4O7. The Kier molecular flexibility index (Phi) is 7.96. The fraction of sp³-hybridized carbons (Fsp3) is 0.281. The number of amides is 3. The topological polar surface area (TPSA) is 120 Å². The highest BCUT2D eigenvalue weighted by molar-refractivity contribution is 6.31. The third-order valence-electron chi connectivity index (χ3n) is 7.88. The zero-order chi connectivity index (χ0) is 31.0. The number of ether oxygens (including phenoxy) is 4. The van der Waals surface area contributed by atoms with Crippen LogP contribution in [0.4, 0.5) is 0 Å². The van der Waals surface area contributed by atoms with Gasteiger partial charge >= 0.3 is 0 Å². The van der Waals surface area contributed by atoms with Gasteiger partial charge in [0, 0.05) is 41.6 Å². The summed E-state index contributed by atoms with van der Waals surface area (Å²) in [5, 5.41) is 7.33. The van der Waals surface area contributed by atoms with Crippen molar-refractivity contribution < 1.29 is 33.3 Å². The highest BCUT2D eigenvalue weighted by Gasteiger charge is 2.39. The number of rotatable bonds is 3. The second-order valence-corrected chi connectivity index (χ2v) is 11.1. The number of halogens is 1. The predicted octanol–water partition coefficient (Wildman–Crippen LogP) is 3.56. The maximum absolute atomic E-state index is 13.9. The number of aryl methyl sites for hydroxylation is 1. The summed E-state index contributed by atoms with van der Waals surface area (Å²) in [5.74, 6) is 0.568. The minimum Gasteiger partial charge on any atom is -0.493 e. The molecule has 7 rings (SSSR count). The average Bonchev–Trinajstić information content (AvgIpc) is 3.58. The van der Waals surface area contributed by atoms with Crippen LogP contribution < -0.4 is 29.6 Å². The van der Waals surface area contributed by atoms with Gasteiger partial charge in [-0.2, -0.15) is 0 Å². The Morgan fingerprint density at radius 2 is 1.77 bits per heavy atom. The SMILES string of the molecule is COc1ccc2cc1OCC(=O)NCc1ccc(c(OC)c1)O[C@H]1CN(C(=O)c3cc4ccc(Cl)cc4n3C)C[C@@H]1NC2=O. The van der Waals surface area contributed by atoms with E-state index < -0.39 is 18.1 Å². The number of aromatic nitrogens is 1. The molecule has 4 bridgehead atoms. The molecule has 44 heavy (non-hydrogen) atoms. The smallest absolute Gasteiger partial charge is 0.270 e. The Balaban J connectivity index is 1.34. The van der Waals surface area contributed by atoms with E-state index in [0.717, 1.165) is 16.5 Å². The number of benzene rings is 3. The summed E-state index contributed by atoms with van der Waals surface area (Å²) < 4.78 is 24.9. The number of carbonyl (C=O) groups is 3. The molecule has 1 fully saturated rings. The van der Waals surface area contributed by atoms with Gasteiger partial charge in [0.15, 0.2) is 29.6 Å². The van der Waals surface area contributed by atoms with Crippen LogP contribution in [-0.4, -0.2) is 73.3 Å². The van der Waals surface area contributed by atoms with E-state index in [4.69, 9.17) is 30.5 Å². The van der Waals surface area contributed by atoms with Crippen LogP contribution >= 0.6 is 11.6 Å². The molecule has 0 radical (unpaired) electrons. The molecule has 4 aromatic rings. The molecule has 1 saturated heterocycles. The average molecular weight is 619 g/mol. The van der Waals surface area contributed by atoms with Crippen LogP contribution in [0, 0.1) is 0 Å². The lowest BCUT2D eigenvalue weighted by atomic mass is 10.1. The molecule has 3 aliphatic heterocycles. The first-order valence-electron chi connectivity index (χ1n) is 14.0. The van der Waals surface area contributed by atoms with Crippen LogP contribution in [0.1, 0.15) is 26.4 Å². The van der Waals surface area contributed by atoms with Gasteiger partial charge in [0.25, 0.3) is 17.7 Å². The number of nitrogens with one attached hydrogen (secondary N) is 2. The maximum atomic E-state index is 13.9. The molecule has 2 N–H and O–H groups in total. The fourth-order valence-corrected chi connectivity index (χ4v) is 5.69. The van der Waals surface area contributed by atoms with Crippen molar-refractivity contribution in [2.75, 3.05) is 33.9 Å². The van der Waals surface area contributed by atoms with Crippen LogP contribution in [0.5, 0.6) is 23.0 Å². The molecule has 0 spiro atoms. The van der Waals surface area contributed by atoms with Gasteiger partial charge in [0.1, 0.15) is 11.8 Å². The zero-order valence-corrected chi connectivity index (χ0v) is 25.1. The minimum absolute atomic E-state index is 0.203. The molecule has 0 aliphatic carbocycles. The summed E-state index contributed by atoms with van der Waals surface area (Å²) in [6.07, 6.45) is -0.601. The van der Waals surface area contributed by atoms with E-state index in [9.17, 15) is 14.4 Å². The summed E-state index contributed by atoms with van der Waals surface area (Å²) in [6.45, 7) is 0.377. The standard InChI is InChI=1S/C32H31ClN4O7/c1-36-23-13-21(33)7-5-19(23)11-24(36)32(40)37-15-22-29(16-37)44-26-8-4-18(10-27(26)42-3)14-34-30(38)17-43-28-12-20(31(39)35-22)6-9-25(28)41-2/h4-13,22,29H,14-17H2,1-3H3,(H,34,38)(H,35,39)/t22-,29-/m0/s1. The third kappa shape index (κ3) is 5.70. The van der Waals surface area contributed by atoms with Gasteiger partial charge in [-0.05, 0) is 54.1 Å². The van der Waals surface area contributed by atoms with Gasteiger partial charge in [-0.3, -0.25) is 14.4 Å². The molecule has 3 amide bonds. The minimum atomic E-state index is -0.601. The fourth-order valence-electron chi connectivity index (χ4n) is 5.53. The molecule has 2 atom stereocenters. The Labute approximate surface area is 258 Å². The number of nitrogens with zero attached hydrogens (tertiary/aromatic N) is 2. The highest BCUT2D eigenvalue weighted by Crippen LogP contribution is 2.32. The Hall–Kier alpha value is -4.90. The second-order valence-electron chi connectivity index (χ2n) is 10.7. The molecule has 4 heterocycles. The summed E-state index contributed by atoms with van der Waals surface area (Å²) in [4.78, 5) is 41.6. The van der Waals surface area contributed by atoms with Gasteiger partial charge in [-0.25, -0.2) is 0 Å². The van der Waals surface area contributed by atoms with Gasteiger partial charge in [-0.15, -0.1) is 0 Å². The first-order chi connectivity index (χ1) is 21.2. The zero-order valence-electron chi connectivity index (χ0n) is 24.4. The normalized spacial score (nSPS) is 18.5. The van der Waals surface area contributed by atoms with Crippen molar-refractivity contribution in [2.24, 2.45) is 7.05 Å². The lowest BCUT2D eigenvalue weighted by Gasteiger charge is -2.22. The van der Waals surface area contributed by atoms with Crippen molar-refractivity contribution in [2.45, 2.75) is 18.7 Å². The van der Waals surface area contributed by atoms with E-state index in [2.05, 4.69) is 10.6 Å². The Bertz CT molecular complexity index is 1770. The molecule has 3 aliphatic rings. The molecule has 0 saturated carbocycles. The summed E-state index contributed by atoms with van der Waals surface area (Å²) in [6, 6.07) is 16.8. The van der Waals surface area contributed by atoms with Crippen molar-refractivity contribution in [3.63, 3.8) is 0 Å². The monoisotopic (exact) mass is 618 g/mol. The van der Waals surface area contributed by atoms with E-state index in [1.54, 1.807) is 35.2 Å². The van der Waals surface area contributed by atoms with Crippen molar-refractivity contribution in [3.8, 4) is 23.0 Å². The number of hydrogen-bond acceptors (Lipinski definition) is 7. The maximum Gasteiger partial charge on any atom is 0.270 e. The molecule has 228 valence electrons. The van der Waals surface area contributed by atoms with E-state index in [1.165, 1.54) is 20.3 Å². The van der Waals surface area contributed by atoms with Gasteiger partial charge in [-0.1, -0.05) is 23.7 Å². The van der Waals surface area contributed by atoms with Crippen LogP contribution in [-0.2, 0) is 18.4 Å². The number of methoxy groups -OCH3 is 2. The molecule has 3 aromatic carbocycles. The summed E-state index contributed by atoms with van der Waals surface area (Å²) in [7, 11) is 4.82. The van der Waals surface area contributed by atoms with Crippen LogP contribution in [0.15, 0.2) is 60.7 Å². The number of carbonyl (C=O) groups excluding carboxylic acids is 3. The summed E-state index contributed by atoms with van der Waals surface area (Å²) in [5.41, 5.74) is 2.41. The lowest BCUT2D eigenvalue weighted by Crippen LogP contribution is -2.45. The Morgan fingerprint density at radius 1 is 0.955 bits per heavy atom. The molecule has 11 nitrogen and oxygen atoms in total. The first-order valence-corrected chi connectivity index (χ1v) is 14.4. The molecule has 1 aromatic heterocycles. The van der Waals surface area contributed by atoms with E-state index in [-0.39, 0.29) is 43.8 Å². The quantitative estimate of drug-likeness (QED) is 0.360. The third-order valence-corrected chi connectivity index (χ3v) is 8.11. The summed E-state index contributed by atoms with van der Waals surface area (Å²) >= 11 is 6.21. The number of hydrogen-bond donors (Lipinski definition) is 2. The van der Waals surface area contributed by atoms with E-state index >= 15 is 0 Å². The van der Waals surface area contributed by atoms with Crippen molar-refractivity contribution in [3.05, 3.63) is 82.5 Å². The number of likely N-dealkylation sites (tertiary alicyclic amines) is 1. The van der Waals surface area contributed by atoms with Crippen LogP contribution in [0.3, 0.4) is 0 Å². The van der Waals surface area contributed by atoms with Crippen molar-refractivity contribution >= 4 is 40.2 Å². The molecule has 12 heteroatoms. The van der Waals surface area contributed by atoms with E-state index in [0.29, 0.717) is 33.5 Å². The second kappa shape index (κ2) is 12.0. The molecule has 0 unspecified atom stereocenters. The van der Waals surface area contributed by atoms with Crippen molar-refractivity contribution in [1.29, 1.82) is 0 Å². The lowest BCUT2D eigenvalue weighted by molar-refractivity contribution is -0.123. The largest absolute Gasteiger partial charge is 0.493 e. The first kappa shape index (κ1) is 29.2. The van der Waals surface area contributed by atoms with Gasteiger partial charge < -0.3 is 39.0 Å². The van der Waals surface area contributed by atoms with Crippen LogP contribution in [0.25, 0.3) is 10.9 Å². The van der Waals surface area contributed by atoms with Gasteiger partial charge in [0.2, 0.25) is 0 Å². The Morgan fingerprint density at radius 3 is 2.57 bits per heavy atom. The van der Waals surface area contributed by atoms with E-state index in [1.807, 2.05) is 35.9 Å². The predicted molar refractivity (Wildman–Crippen MR) is 163 cm³/mol.